The molecular weight excluding hydrogens is 368 g/mol. The van der Waals surface area contributed by atoms with Crippen molar-refractivity contribution in [2.45, 2.75) is 20.0 Å². The number of hydrogen-bond acceptors (Lipinski definition) is 5. The minimum absolute atomic E-state index is 0.0256. The Morgan fingerprint density at radius 3 is 2.68 bits per heavy atom. The van der Waals surface area contributed by atoms with Crippen LogP contribution in [0, 0.1) is 0 Å². The predicted octanol–water partition coefficient (Wildman–Crippen LogP) is 2.45. The van der Waals surface area contributed by atoms with Crippen molar-refractivity contribution in [3.05, 3.63) is 29.8 Å². The second-order valence-corrected chi connectivity index (χ2v) is 6.64. The minimum atomic E-state index is -2.92. The zero-order valence-corrected chi connectivity index (χ0v) is 16.5. The average molecular weight is 397 g/mol. The maximum Gasteiger partial charge on any atom is 0.387 e. The number of halogens is 2. The van der Waals surface area contributed by atoms with E-state index in [0.29, 0.717) is 18.7 Å². The first-order valence-electron chi connectivity index (χ1n) is 9.56. The Hall–Kier alpha value is -2.19. The number of carbonyl (C=O) groups excluding carboxylic acids is 1. The molecule has 1 aliphatic rings. The molecule has 0 unspecified atom stereocenters. The number of amides is 1. The van der Waals surface area contributed by atoms with Crippen LogP contribution in [0.25, 0.3) is 6.08 Å². The van der Waals surface area contributed by atoms with Gasteiger partial charge in [-0.15, -0.1) is 0 Å². The molecule has 0 saturated carbocycles. The number of nitrogens with zero attached hydrogens (tertiary/aromatic N) is 2. The van der Waals surface area contributed by atoms with Crippen LogP contribution in [0.15, 0.2) is 24.3 Å². The molecule has 28 heavy (non-hydrogen) atoms. The summed E-state index contributed by atoms with van der Waals surface area (Å²) in [6, 6.07) is 4.57. The molecule has 1 aromatic carbocycles. The summed E-state index contributed by atoms with van der Waals surface area (Å²) in [5, 5.41) is 2.86. The van der Waals surface area contributed by atoms with Crippen LogP contribution in [-0.4, -0.2) is 75.2 Å². The van der Waals surface area contributed by atoms with Gasteiger partial charge in [-0.3, -0.25) is 4.79 Å². The van der Waals surface area contributed by atoms with Crippen LogP contribution in [0.5, 0.6) is 11.5 Å². The van der Waals surface area contributed by atoms with Crippen molar-refractivity contribution < 1.29 is 23.0 Å². The van der Waals surface area contributed by atoms with Gasteiger partial charge in [0, 0.05) is 38.8 Å². The van der Waals surface area contributed by atoms with Gasteiger partial charge in [0.1, 0.15) is 0 Å². The number of nitrogens with one attached hydrogen (secondary N) is 1. The lowest BCUT2D eigenvalue weighted by atomic mass is 10.2. The highest BCUT2D eigenvalue weighted by molar-refractivity contribution is 5.91. The van der Waals surface area contributed by atoms with Gasteiger partial charge in [-0.2, -0.15) is 8.78 Å². The van der Waals surface area contributed by atoms with Gasteiger partial charge in [-0.05, 0) is 50.7 Å². The van der Waals surface area contributed by atoms with Crippen molar-refractivity contribution in [2.75, 3.05) is 52.9 Å². The summed E-state index contributed by atoms with van der Waals surface area (Å²) in [4.78, 5) is 16.7. The third kappa shape index (κ3) is 7.82. The normalized spacial score (nSPS) is 15.9. The van der Waals surface area contributed by atoms with E-state index in [1.54, 1.807) is 25.1 Å². The lowest BCUT2D eigenvalue weighted by molar-refractivity contribution is -0.116. The summed E-state index contributed by atoms with van der Waals surface area (Å²) in [6.07, 6.45) is 3.94. The van der Waals surface area contributed by atoms with Crippen LogP contribution in [0.3, 0.4) is 0 Å². The smallest absolute Gasteiger partial charge is 0.387 e. The summed E-state index contributed by atoms with van der Waals surface area (Å²) in [6.45, 7) is 5.04. The van der Waals surface area contributed by atoms with E-state index in [-0.39, 0.29) is 17.4 Å². The number of rotatable bonds is 10. The highest BCUT2D eigenvalue weighted by Crippen LogP contribution is 2.30. The van der Waals surface area contributed by atoms with Crippen molar-refractivity contribution in [2.24, 2.45) is 0 Å². The molecule has 0 aromatic heterocycles. The van der Waals surface area contributed by atoms with Crippen molar-refractivity contribution in [3.8, 4) is 11.5 Å². The fourth-order valence-electron chi connectivity index (χ4n) is 2.91. The van der Waals surface area contributed by atoms with Gasteiger partial charge in [0.25, 0.3) is 0 Å². The van der Waals surface area contributed by atoms with Gasteiger partial charge < -0.3 is 24.6 Å². The van der Waals surface area contributed by atoms with E-state index >= 15 is 0 Å². The molecule has 6 nitrogen and oxygen atoms in total. The van der Waals surface area contributed by atoms with E-state index in [2.05, 4.69) is 26.9 Å². The van der Waals surface area contributed by atoms with E-state index in [1.165, 1.54) is 12.1 Å². The first-order valence-corrected chi connectivity index (χ1v) is 9.56. The quantitative estimate of drug-likeness (QED) is 0.486. The molecule has 1 amide bonds. The molecule has 0 aliphatic carbocycles. The van der Waals surface area contributed by atoms with Gasteiger partial charge in [0.2, 0.25) is 5.91 Å². The molecule has 1 saturated heterocycles. The highest BCUT2D eigenvalue weighted by Gasteiger charge is 2.13. The average Bonchev–Trinajstić information content (AvgIpc) is 2.66. The second-order valence-electron chi connectivity index (χ2n) is 6.64. The number of benzene rings is 1. The van der Waals surface area contributed by atoms with E-state index < -0.39 is 6.61 Å². The number of piperazine rings is 1. The van der Waals surface area contributed by atoms with Crippen molar-refractivity contribution in [3.63, 3.8) is 0 Å². The zero-order chi connectivity index (χ0) is 20.4. The standard InChI is InChI=1S/C20H29F2N3O3/c1-3-27-18-15-16(5-7-17(18)28-20(21)22)6-8-19(26)23-9-4-10-25-13-11-24(2)12-14-25/h5-8,15,20H,3-4,9-14H2,1-2H3,(H,23,26)/b8-6+. The van der Waals surface area contributed by atoms with Crippen LogP contribution in [-0.2, 0) is 4.79 Å². The van der Waals surface area contributed by atoms with E-state index in [9.17, 15) is 13.6 Å². The largest absolute Gasteiger partial charge is 0.490 e. The van der Waals surface area contributed by atoms with Crippen LogP contribution < -0.4 is 14.8 Å². The van der Waals surface area contributed by atoms with Gasteiger partial charge in [0.15, 0.2) is 11.5 Å². The van der Waals surface area contributed by atoms with Crippen molar-refractivity contribution in [1.82, 2.24) is 15.1 Å². The predicted molar refractivity (Wildman–Crippen MR) is 105 cm³/mol. The third-order valence-electron chi connectivity index (χ3n) is 4.46. The maximum absolute atomic E-state index is 12.4. The Bertz CT molecular complexity index is 648. The Labute approximate surface area is 165 Å². The Balaban J connectivity index is 1.77. The summed E-state index contributed by atoms with van der Waals surface area (Å²) in [5.41, 5.74) is 0.664. The molecule has 0 atom stereocenters. The first kappa shape index (κ1) is 22.1. The number of ether oxygens (including phenoxy) is 2. The number of hydrogen-bond donors (Lipinski definition) is 1. The molecule has 1 heterocycles. The summed E-state index contributed by atoms with van der Waals surface area (Å²) >= 11 is 0. The number of likely N-dealkylation sites (N-methyl/N-ethyl adjacent to an activating group) is 1. The molecule has 156 valence electrons. The van der Waals surface area contributed by atoms with Crippen LogP contribution >= 0.6 is 0 Å². The Morgan fingerprint density at radius 2 is 2.00 bits per heavy atom. The van der Waals surface area contributed by atoms with Crippen molar-refractivity contribution in [1.29, 1.82) is 0 Å². The van der Waals surface area contributed by atoms with Gasteiger partial charge in [-0.1, -0.05) is 6.07 Å². The van der Waals surface area contributed by atoms with E-state index in [0.717, 1.165) is 39.1 Å². The lowest BCUT2D eigenvalue weighted by Gasteiger charge is -2.32. The van der Waals surface area contributed by atoms with Crippen LogP contribution in [0.4, 0.5) is 8.78 Å². The minimum Gasteiger partial charge on any atom is -0.490 e. The van der Waals surface area contributed by atoms with Gasteiger partial charge >= 0.3 is 6.61 Å². The van der Waals surface area contributed by atoms with Crippen LogP contribution in [0.2, 0.25) is 0 Å². The SMILES string of the molecule is CCOc1cc(/C=C/C(=O)NCCCN2CCN(C)CC2)ccc1OC(F)F. The summed E-state index contributed by atoms with van der Waals surface area (Å²) < 4.78 is 34.6. The van der Waals surface area contributed by atoms with Crippen molar-refractivity contribution >= 4 is 12.0 Å². The lowest BCUT2D eigenvalue weighted by Crippen LogP contribution is -2.45. The molecule has 2 rings (SSSR count). The molecule has 1 N–H and O–H groups in total. The Kier molecular flexibility index (Phi) is 9.16. The number of alkyl halides is 2. The molecule has 1 fully saturated rings. The molecule has 1 aromatic rings. The summed E-state index contributed by atoms with van der Waals surface area (Å²) in [7, 11) is 2.13. The second kappa shape index (κ2) is 11.6. The molecule has 1 aliphatic heterocycles. The Morgan fingerprint density at radius 1 is 1.25 bits per heavy atom. The molecule has 0 bridgehead atoms. The topological polar surface area (TPSA) is 54.0 Å². The van der Waals surface area contributed by atoms with Gasteiger partial charge in [0.05, 0.1) is 6.61 Å². The molecule has 0 spiro atoms. The zero-order valence-electron chi connectivity index (χ0n) is 16.5. The number of carbonyl (C=O) groups is 1. The fourth-order valence-corrected chi connectivity index (χ4v) is 2.91. The fraction of sp³-hybridized carbons (Fsp3) is 0.550. The maximum atomic E-state index is 12.4. The van der Waals surface area contributed by atoms with E-state index in [1.807, 2.05) is 0 Å². The van der Waals surface area contributed by atoms with E-state index in [4.69, 9.17) is 4.74 Å². The first-order chi connectivity index (χ1) is 13.5. The summed E-state index contributed by atoms with van der Waals surface area (Å²) in [5.74, 6) is 0.00383. The monoisotopic (exact) mass is 397 g/mol. The highest BCUT2D eigenvalue weighted by atomic mass is 19.3. The van der Waals surface area contributed by atoms with Crippen LogP contribution in [0.1, 0.15) is 18.9 Å². The third-order valence-corrected chi connectivity index (χ3v) is 4.46. The molecular formula is C20H29F2N3O3. The van der Waals surface area contributed by atoms with Gasteiger partial charge in [-0.25, -0.2) is 0 Å². The molecule has 8 heteroatoms. The molecule has 0 radical (unpaired) electrons.